The van der Waals surface area contributed by atoms with E-state index >= 15 is 0 Å². The van der Waals surface area contributed by atoms with Crippen molar-refractivity contribution in [3.05, 3.63) is 58.6 Å². The number of hydrogen-bond acceptors (Lipinski definition) is 6. The van der Waals surface area contributed by atoms with Gasteiger partial charge in [-0.3, -0.25) is 10.1 Å². The fraction of sp³-hybridized carbons (Fsp3) is 0. The number of nitrogens with two attached hydrogens (primary N) is 2. The Balaban J connectivity index is 2.52. The van der Waals surface area contributed by atoms with Gasteiger partial charge in [-0.15, -0.1) is 0 Å². The van der Waals surface area contributed by atoms with Gasteiger partial charge in [0.2, 0.25) is 0 Å². The summed E-state index contributed by atoms with van der Waals surface area (Å²) in [5, 5.41) is 10.8. The van der Waals surface area contributed by atoms with Gasteiger partial charge >= 0.3 is 0 Å². The molecular weight excluding hydrogens is 296 g/mol. The molecule has 110 valence electrons. The third-order valence-corrected chi connectivity index (χ3v) is 4.34. The van der Waals surface area contributed by atoms with Crippen molar-refractivity contribution < 1.29 is 13.3 Å². The van der Waals surface area contributed by atoms with Crippen molar-refractivity contribution in [3.63, 3.8) is 0 Å². The van der Waals surface area contributed by atoms with Gasteiger partial charge in [0.05, 0.1) is 21.2 Å². The molecule has 0 saturated carbocycles. The number of nitrogen functional groups attached to an aromatic ring is 1. The quantitative estimate of drug-likeness (QED) is 0.378. The number of benzene rings is 2. The molecule has 21 heavy (non-hydrogen) atoms. The average Bonchev–Trinajstić information content (AvgIpc) is 2.47. The van der Waals surface area contributed by atoms with Crippen LogP contribution in [0.25, 0.3) is 0 Å². The normalized spacial score (nSPS) is 11.1. The lowest BCUT2D eigenvalue weighted by Gasteiger charge is -2.20. The van der Waals surface area contributed by atoms with E-state index in [0.717, 1.165) is 6.07 Å². The summed E-state index contributed by atoms with van der Waals surface area (Å²) < 4.78 is 25.1. The lowest BCUT2D eigenvalue weighted by molar-refractivity contribution is -0.384. The van der Waals surface area contributed by atoms with Crippen molar-refractivity contribution in [1.82, 2.24) is 0 Å². The second-order valence-electron chi connectivity index (χ2n) is 4.11. The van der Waals surface area contributed by atoms with E-state index < -0.39 is 14.9 Å². The lowest BCUT2D eigenvalue weighted by Crippen LogP contribution is -2.38. The number of nitro groups is 1. The Bertz CT molecular complexity index is 777. The first-order valence-corrected chi connectivity index (χ1v) is 7.17. The van der Waals surface area contributed by atoms with Gasteiger partial charge in [0, 0.05) is 12.1 Å². The molecule has 8 nitrogen and oxygen atoms in total. The smallest absolute Gasteiger partial charge is 0.277 e. The highest BCUT2D eigenvalue weighted by Gasteiger charge is 2.25. The van der Waals surface area contributed by atoms with E-state index in [2.05, 4.69) is 0 Å². The summed E-state index contributed by atoms with van der Waals surface area (Å²) in [5.74, 6) is 5.62. The lowest BCUT2D eigenvalue weighted by atomic mass is 10.2. The van der Waals surface area contributed by atoms with Crippen LogP contribution in [-0.2, 0) is 10.0 Å². The number of hydrazine groups is 1. The van der Waals surface area contributed by atoms with Crippen LogP contribution in [0.15, 0.2) is 53.4 Å². The molecule has 9 heteroatoms. The van der Waals surface area contributed by atoms with Crippen molar-refractivity contribution in [1.29, 1.82) is 0 Å². The SMILES string of the molecule is Nc1ccc([N+](=O)[O-])cc1N(N)S(=O)(=O)c1ccccc1. The van der Waals surface area contributed by atoms with Gasteiger partial charge in [0.1, 0.15) is 0 Å². The average molecular weight is 308 g/mol. The Morgan fingerprint density at radius 2 is 1.71 bits per heavy atom. The third-order valence-electron chi connectivity index (χ3n) is 2.76. The molecule has 4 N–H and O–H groups in total. The Kier molecular flexibility index (Phi) is 3.78. The number of rotatable bonds is 4. The predicted molar refractivity (Wildman–Crippen MR) is 77.8 cm³/mol. The van der Waals surface area contributed by atoms with Crippen LogP contribution in [0.1, 0.15) is 0 Å². The van der Waals surface area contributed by atoms with Crippen molar-refractivity contribution in [3.8, 4) is 0 Å². The molecule has 0 aromatic heterocycles. The van der Waals surface area contributed by atoms with E-state index in [1.54, 1.807) is 6.07 Å². The maximum Gasteiger partial charge on any atom is 0.277 e. The van der Waals surface area contributed by atoms with Crippen LogP contribution in [-0.4, -0.2) is 13.3 Å². The third kappa shape index (κ3) is 2.78. The Morgan fingerprint density at radius 3 is 2.29 bits per heavy atom. The number of sulfonamides is 1. The molecule has 2 aromatic rings. The number of nitrogens with zero attached hydrogens (tertiary/aromatic N) is 2. The zero-order valence-corrected chi connectivity index (χ0v) is 11.5. The standard InChI is InChI=1S/C12H12N4O4S/c13-11-7-6-9(16(17)18)8-12(11)15(14)21(19,20)10-4-2-1-3-5-10/h1-8H,13-14H2. The van der Waals surface area contributed by atoms with Gasteiger partial charge in [0.25, 0.3) is 15.7 Å². The fourth-order valence-electron chi connectivity index (χ4n) is 1.67. The Hall–Kier alpha value is -2.65. The summed E-state index contributed by atoms with van der Waals surface area (Å²) in [7, 11) is -4.05. The highest BCUT2D eigenvalue weighted by Crippen LogP contribution is 2.29. The Morgan fingerprint density at radius 1 is 1.10 bits per heavy atom. The van der Waals surface area contributed by atoms with E-state index in [9.17, 15) is 18.5 Å². The number of non-ortho nitro benzene ring substituents is 1. The van der Waals surface area contributed by atoms with Crippen molar-refractivity contribution in [2.45, 2.75) is 4.90 Å². The highest BCUT2D eigenvalue weighted by molar-refractivity contribution is 7.92. The van der Waals surface area contributed by atoms with E-state index in [1.807, 2.05) is 0 Å². The van der Waals surface area contributed by atoms with Crippen LogP contribution in [0, 0.1) is 10.1 Å². The van der Waals surface area contributed by atoms with E-state index in [0.29, 0.717) is 4.41 Å². The highest BCUT2D eigenvalue weighted by atomic mass is 32.2. The maximum absolute atomic E-state index is 12.3. The van der Waals surface area contributed by atoms with E-state index in [-0.39, 0.29) is 22.0 Å². The molecule has 0 amide bonds. The molecule has 2 rings (SSSR count). The zero-order chi connectivity index (χ0) is 15.6. The van der Waals surface area contributed by atoms with Crippen molar-refractivity contribution in [2.24, 2.45) is 5.84 Å². The molecule has 0 saturated heterocycles. The second kappa shape index (κ2) is 5.38. The van der Waals surface area contributed by atoms with Crippen LogP contribution < -0.4 is 16.0 Å². The first kappa shape index (κ1) is 14.8. The molecular formula is C12H12N4O4S. The summed E-state index contributed by atoms with van der Waals surface area (Å²) in [6, 6.07) is 10.9. The van der Waals surface area contributed by atoms with Gasteiger partial charge in [-0.1, -0.05) is 18.2 Å². The molecule has 0 radical (unpaired) electrons. The number of nitro benzene ring substituents is 1. The van der Waals surface area contributed by atoms with Crippen LogP contribution in [0.3, 0.4) is 0 Å². The van der Waals surface area contributed by atoms with Crippen molar-refractivity contribution in [2.75, 3.05) is 10.1 Å². The molecule has 0 unspecified atom stereocenters. The molecule has 0 aliphatic heterocycles. The second-order valence-corrected chi connectivity index (χ2v) is 5.93. The first-order valence-electron chi connectivity index (χ1n) is 5.73. The fourth-order valence-corrected chi connectivity index (χ4v) is 2.82. The molecule has 0 aliphatic carbocycles. The topological polar surface area (TPSA) is 133 Å². The van der Waals surface area contributed by atoms with Gasteiger partial charge in [-0.25, -0.2) is 5.84 Å². The molecule has 0 fully saturated rings. The summed E-state index contributed by atoms with van der Waals surface area (Å²) in [6.45, 7) is 0. The van der Waals surface area contributed by atoms with Crippen LogP contribution in [0.4, 0.5) is 17.1 Å². The number of anilines is 2. The summed E-state index contributed by atoms with van der Waals surface area (Å²) in [4.78, 5) is 10.1. The Labute approximate surface area is 120 Å². The van der Waals surface area contributed by atoms with Gasteiger partial charge < -0.3 is 5.73 Å². The number of hydrogen-bond donors (Lipinski definition) is 2. The minimum atomic E-state index is -4.05. The maximum atomic E-state index is 12.3. The predicted octanol–water partition coefficient (Wildman–Crippen LogP) is 1.25. The van der Waals surface area contributed by atoms with Crippen molar-refractivity contribution >= 4 is 27.1 Å². The minimum Gasteiger partial charge on any atom is -0.397 e. The zero-order valence-electron chi connectivity index (χ0n) is 10.7. The van der Waals surface area contributed by atoms with E-state index in [4.69, 9.17) is 11.6 Å². The van der Waals surface area contributed by atoms with Gasteiger partial charge in [-0.2, -0.15) is 12.8 Å². The van der Waals surface area contributed by atoms with E-state index in [1.165, 1.54) is 36.4 Å². The molecule has 0 aliphatic rings. The van der Waals surface area contributed by atoms with Gasteiger partial charge in [0.15, 0.2) is 0 Å². The van der Waals surface area contributed by atoms with Crippen LogP contribution in [0.5, 0.6) is 0 Å². The molecule has 0 atom stereocenters. The summed E-state index contributed by atoms with van der Waals surface area (Å²) in [5.41, 5.74) is 5.21. The molecule has 0 spiro atoms. The van der Waals surface area contributed by atoms with Crippen LogP contribution >= 0.6 is 0 Å². The van der Waals surface area contributed by atoms with Gasteiger partial charge in [-0.05, 0) is 18.2 Å². The summed E-state index contributed by atoms with van der Waals surface area (Å²) >= 11 is 0. The molecule has 2 aromatic carbocycles. The molecule has 0 bridgehead atoms. The molecule has 0 heterocycles. The largest absolute Gasteiger partial charge is 0.397 e. The van der Waals surface area contributed by atoms with Crippen LogP contribution in [0.2, 0.25) is 0 Å². The monoisotopic (exact) mass is 308 g/mol. The minimum absolute atomic E-state index is 0.0163. The first-order chi connectivity index (χ1) is 9.84. The summed E-state index contributed by atoms with van der Waals surface area (Å²) in [6.07, 6.45) is 0.